The molecule has 5 heteroatoms. The lowest BCUT2D eigenvalue weighted by Gasteiger charge is -2.43. The smallest absolute Gasteiger partial charge is 0.231 e. The molecule has 3 rings (SSSR count). The van der Waals surface area contributed by atoms with Crippen LogP contribution in [0.15, 0.2) is 0 Å². The number of rotatable bonds is 5. The second kappa shape index (κ2) is 8.83. The first-order valence-electron chi connectivity index (χ1n) is 10.3. The van der Waals surface area contributed by atoms with E-state index in [9.17, 15) is 4.79 Å². The first-order valence-corrected chi connectivity index (χ1v) is 10.3. The van der Waals surface area contributed by atoms with Crippen molar-refractivity contribution < 1.29 is 9.53 Å². The summed E-state index contributed by atoms with van der Waals surface area (Å²) in [7, 11) is 1.73. The molecule has 0 aliphatic carbocycles. The van der Waals surface area contributed by atoms with E-state index in [1.807, 2.05) is 0 Å². The van der Waals surface area contributed by atoms with Crippen LogP contribution in [-0.2, 0) is 9.53 Å². The van der Waals surface area contributed by atoms with Crippen molar-refractivity contribution in [2.45, 2.75) is 45.4 Å². The van der Waals surface area contributed by atoms with E-state index >= 15 is 0 Å². The van der Waals surface area contributed by atoms with Gasteiger partial charge in [-0.1, -0.05) is 6.92 Å². The molecular weight excluding hydrogens is 314 g/mol. The Morgan fingerprint density at radius 1 is 1.16 bits per heavy atom. The average molecular weight is 352 g/mol. The number of nitrogens with one attached hydrogen (secondary N) is 1. The third-order valence-corrected chi connectivity index (χ3v) is 6.63. The number of hydrogen-bond donors (Lipinski definition) is 1. The molecular formula is C20H37N3O2. The van der Waals surface area contributed by atoms with Gasteiger partial charge in [0.05, 0.1) is 12.0 Å². The highest BCUT2D eigenvalue weighted by atomic mass is 16.5. The zero-order valence-electron chi connectivity index (χ0n) is 16.3. The maximum atomic E-state index is 13.4. The number of carbonyl (C=O) groups is 1. The fraction of sp³-hybridized carbons (Fsp3) is 0.950. The molecule has 0 saturated carbocycles. The average Bonchev–Trinajstić information content (AvgIpc) is 2.64. The third-order valence-electron chi connectivity index (χ3n) is 6.63. The van der Waals surface area contributed by atoms with Crippen molar-refractivity contribution in [2.24, 2.45) is 17.3 Å². The Kier molecular flexibility index (Phi) is 6.75. The first kappa shape index (κ1) is 19.1. The van der Waals surface area contributed by atoms with E-state index in [2.05, 4.69) is 22.0 Å². The van der Waals surface area contributed by atoms with Crippen molar-refractivity contribution in [1.29, 1.82) is 0 Å². The molecule has 3 fully saturated rings. The van der Waals surface area contributed by atoms with E-state index in [1.54, 1.807) is 7.11 Å². The van der Waals surface area contributed by atoms with Crippen molar-refractivity contribution in [3.8, 4) is 0 Å². The number of hydrogen-bond acceptors (Lipinski definition) is 4. The molecule has 3 heterocycles. The van der Waals surface area contributed by atoms with E-state index in [-0.39, 0.29) is 5.41 Å². The lowest BCUT2D eigenvalue weighted by molar-refractivity contribution is -0.149. The Balaban J connectivity index is 1.57. The molecule has 3 aliphatic heterocycles. The van der Waals surface area contributed by atoms with Crippen molar-refractivity contribution >= 4 is 5.91 Å². The van der Waals surface area contributed by atoms with Gasteiger partial charge in [0.2, 0.25) is 5.91 Å². The van der Waals surface area contributed by atoms with Gasteiger partial charge in [-0.05, 0) is 76.5 Å². The summed E-state index contributed by atoms with van der Waals surface area (Å²) in [5.74, 6) is 1.88. The Morgan fingerprint density at radius 2 is 1.88 bits per heavy atom. The van der Waals surface area contributed by atoms with Crippen LogP contribution >= 0.6 is 0 Å². The van der Waals surface area contributed by atoms with Gasteiger partial charge < -0.3 is 19.9 Å². The topological polar surface area (TPSA) is 44.8 Å². The normalized spacial score (nSPS) is 28.9. The monoisotopic (exact) mass is 351 g/mol. The Labute approximate surface area is 153 Å². The lowest BCUT2D eigenvalue weighted by atomic mass is 9.77. The van der Waals surface area contributed by atoms with Crippen LogP contribution in [0.4, 0.5) is 0 Å². The summed E-state index contributed by atoms with van der Waals surface area (Å²) in [5.41, 5.74) is -0.289. The van der Waals surface area contributed by atoms with Crippen LogP contribution < -0.4 is 5.32 Å². The van der Waals surface area contributed by atoms with Gasteiger partial charge in [-0.15, -0.1) is 0 Å². The van der Waals surface area contributed by atoms with Crippen molar-refractivity contribution in [2.75, 3.05) is 59.5 Å². The van der Waals surface area contributed by atoms with Gasteiger partial charge in [0.1, 0.15) is 0 Å². The predicted octanol–water partition coefficient (Wildman–Crippen LogP) is 1.97. The number of carbonyl (C=O) groups excluding carboxylic acids is 1. The highest BCUT2D eigenvalue weighted by Crippen LogP contribution is 2.33. The van der Waals surface area contributed by atoms with E-state index in [4.69, 9.17) is 4.74 Å². The number of nitrogens with zero attached hydrogens (tertiary/aromatic N) is 2. The predicted molar refractivity (Wildman–Crippen MR) is 101 cm³/mol. The minimum Gasteiger partial charge on any atom is -0.384 e. The fourth-order valence-corrected chi connectivity index (χ4v) is 4.95. The summed E-state index contributed by atoms with van der Waals surface area (Å²) in [6, 6.07) is 0. The second-order valence-corrected chi connectivity index (χ2v) is 8.71. The highest BCUT2D eigenvalue weighted by Gasteiger charge is 2.43. The lowest BCUT2D eigenvalue weighted by Crippen LogP contribution is -2.54. The molecule has 0 radical (unpaired) electrons. The molecule has 1 amide bonds. The molecule has 3 aliphatic rings. The molecule has 1 unspecified atom stereocenters. The summed E-state index contributed by atoms with van der Waals surface area (Å²) in [4.78, 5) is 18.2. The van der Waals surface area contributed by atoms with Gasteiger partial charge in [0.25, 0.3) is 0 Å². The van der Waals surface area contributed by atoms with Gasteiger partial charge in [0, 0.05) is 26.7 Å². The van der Waals surface area contributed by atoms with Crippen LogP contribution in [0.3, 0.4) is 0 Å². The van der Waals surface area contributed by atoms with E-state index in [0.717, 1.165) is 51.4 Å². The number of ether oxygens (including phenoxy) is 1. The zero-order chi connectivity index (χ0) is 17.7. The van der Waals surface area contributed by atoms with E-state index < -0.39 is 0 Å². The van der Waals surface area contributed by atoms with E-state index in [0.29, 0.717) is 18.4 Å². The molecule has 25 heavy (non-hydrogen) atoms. The largest absolute Gasteiger partial charge is 0.384 e. The molecule has 0 aromatic carbocycles. The van der Waals surface area contributed by atoms with Crippen LogP contribution in [0.2, 0.25) is 0 Å². The van der Waals surface area contributed by atoms with Gasteiger partial charge in [0.15, 0.2) is 0 Å². The highest BCUT2D eigenvalue weighted by molar-refractivity contribution is 5.83. The summed E-state index contributed by atoms with van der Waals surface area (Å²) in [6.07, 6.45) is 6.91. The third kappa shape index (κ3) is 4.75. The molecule has 1 atom stereocenters. The Hall–Kier alpha value is -0.650. The standard InChI is InChI=1S/C20H37N3O2/c1-17-5-12-22(13-6-17)14-18-4-3-11-23(15-18)19(24)20(16-25-2)7-9-21-10-8-20/h17-18,21H,3-16H2,1-2H3. The first-order chi connectivity index (χ1) is 12.1. The summed E-state index contributed by atoms with van der Waals surface area (Å²) < 4.78 is 5.47. The number of methoxy groups -OCH3 is 1. The number of piperidine rings is 3. The summed E-state index contributed by atoms with van der Waals surface area (Å²) in [6.45, 7) is 10.3. The number of amides is 1. The molecule has 0 spiro atoms. The van der Waals surface area contributed by atoms with Gasteiger partial charge in [-0.3, -0.25) is 4.79 Å². The van der Waals surface area contributed by atoms with Gasteiger partial charge >= 0.3 is 0 Å². The molecule has 0 bridgehead atoms. The van der Waals surface area contributed by atoms with Crippen molar-refractivity contribution in [3.63, 3.8) is 0 Å². The minimum absolute atomic E-state index is 0.289. The SMILES string of the molecule is COCC1(C(=O)N2CCCC(CN3CCC(C)CC3)C2)CCNCC1. The van der Waals surface area contributed by atoms with Crippen LogP contribution in [-0.4, -0.2) is 75.2 Å². The van der Waals surface area contributed by atoms with Gasteiger partial charge in [-0.2, -0.15) is 0 Å². The fourth-order valence-electron chi connectivity index (χ4n) is 4.95. The van der Waals surface area contributed by atoms with Crippen LogP contribution in [0.5, 0.6) is 0 Å². The molecule has 144 valence electrons. The molecule has 3 saturated heterocycles. The molecule has 0 aromatic heterocycles. The molecule has 0 aromatic rings. The summed E-state index contributed by atoms with van der Waals surface area (Å²) >= 11 is 0. The maximum absolute atomic E-state index is 13.4. The van der Waals surface area contributed by atoms with Crippen molar-refractivity contribution in [3.05, 3.63) is 0 Å². The Bertz CT molecular complexity index is 423. The molecule has 5 nitrogen and oxygen atoms in total. The molecule has 1 N–H and O–H groups in total. The van der Waals surface area contributed by atoms with Gasteiger partial charge in [-0.25, -0.2) is 0 Å². The maximum Gasteiger partial charge on any atom is 0.231 e. The van der Waals surface area contributed by atoms with Crippen LogP contribution in [0.25, 0.3) is 0 Å². The minimum atomic E-state index is -0.289. The Morgan fingerprint density at radius 3 is 2.56 bits per heavy atom. The quantitative estimate of drug-likeness (QED) is 0.823. The van der Waals surface area contributed by atoms with Crippen LogP contribution in [0, 0.1) is 17.3 Å². The zero-order valence-corrected chi connectivity index (χ0v) is 16.3. The van der Waals surface area contributed by atoms with Crippen LogP contribution in [0.1, 0.15) is 45.4 Å². The van der Waals surface area contributed by atoms with E-state index in [1.165, 1.54) is 38.9 Å². The van der Waals surface area contributed by atoms with Crippen molar-refractivity contribution in [1.82, 2.24) is 15.1 Å². The summed E-state index contributed by atoms with van der Waals surface area (Å²) in [5, 5.41) is 3.39. The number of likely N-dealkylation sites (tertiary alicyclic amines) is 2. The second-order valence-electron chi connectivity index (χ2n) is 8.71.